The zero-order valence-corrected chi connectivity index (χ0v) is 23.4. The molecule has 2 N–H and O–H groups in total. The largest absolute Gasteiger partial charge is 0.489 e. The minimum absolute atomic E-state index is 0.143. The molecule has 0 radical (unpaired) electrons. The van der Waals surface area contributed by atoms with Crippen LogP contribution in [0, 0.1) is 0 Å². The first-order valence-electron chi connectivity index (χ1n) is 14.1. The van der Waals surface area contributed by atoms with Gasteiger partial charge in [-0.15, -0.1) is 0 Å². The van der Waals surface area contributed by atoms with E-state index in [4.69, 9.17) is 4.74 Å². The molecule has 1 saturated carbocycles. The van der Waals surface area contributed by atoms with E-state index in [0.717, 1.165) is 30.6 Å². The number of hydrogen-bond donors (Lipinski definition) is 2. The summed E-state index contributed by atoms with van der Waals surface area (Å²) in [4.78, 5) is 20.1. The molecule has 0 amide bonds. The number of piperidine rings is 1. The van der Waals surface area contributed by atoms with Crippen molar-refractivity contribution in [3.63, 3.8) is 0 Å². The van der Waals surface area contributed by atoms with Crippen LogP contribution in [0.15, 0.2) is 55.2 Å². The fourth-order valence-electron chi connectivity index (χ4n) is 5.15. The second-order valence-corrected chi connectivity index (χ2v) is 11.0. The van der Waals surface area contributed by atoms with Crippen LogP contribution in [0.4, 0.5) is 34.9 Å². The van der Waals surface area contributed by atoms with Gasteiger partial charge in [0, 0.05) is 67.9 Å². The van der Waals surface area contributed by atoms with Crippen LogP contribution >= 0.6 is 0 Å². The predicted molar refractivity (Wildman–Crippen MR) is 153 cm³/mol. The highest BCUT2D eigenvalue weighted by atomic mass is 19.3. The number of aromatic nitrogens is 6. The molecular weight excluding hydrogens is 566 g/mol. The average Bonchev–Trinajstić information content (AvgIpc) is 3.42. The maximum atomic E-state index is 13.6. The molecule has 4 aromatic rings. The molecule has 43 heavy (non-hydrogen) atoms. The molecule has 0 bridgehead atoms. The lowest BCUT2D eigenvalue weighted by molar-refractivity contribution is -0.0793. The summed E-state index contributed by atoms with van der Waals surface area (Å²) < 4.78 is 59.9. The van der Waals surface area contributed by atoms with Gasteiger partial charge in [0.2, 0.25) is 0 Å². The first-order valence-corrected chi connectivity index (χ1v) is 14.1. The molecule has 0 atom stereocenters. The Hall–Kier alpha value is -4.33. The van der Waals surface area contributed by atoms with Crippen LogP contribution < -0.4 is 15.4 Å². The number of ether oxygens (including phenoxy) is 1. The summed E-state index contributed by atoms with van der Waals surface area (Å²) in [5.41, 5.74) is 2.35. The second-order valence-electron chi connectivity index (χ2n) is 11.0. The number of likely N-dealkylation sites (tertiary alicyclic amines) is 1. The van der Waals surface area contributed by atoms with Crippen molar-refractivity contribution in [2.45, 2.75) is 56.7 Å². The summed E-state index contributed by atoms with van der Waals surface area (Å²) in [5.74, 6) is -0.891. The molecule has 4 aromatic heterocycles. The summed E-state index contributed by atoms with van der Waals surface area (Å²) >= 11 is 0. The molecule has 5 heterocycles. The van der Waals surface area contributed by atoms with Crippen LogP contribution in [0.5, 0.6) is 5.75 Å². The molecule has 0 unspecified atom stereocenters. The van der Waals surface area contributed by atoms with E-state index in [1.54, 1.807) is 24.5 Å². The zero-order chi connectivity index (χ0) is 30.0. The van der Waals surface area contributed by atoms with Gasteiger partial charge in [-0.05, 0) is 38.1 Å². The molecular formula is C29H31F4N9O. The molecule has 1 aliphatic carbocycles. The molecule has 2 aliphatic rings. The summed E-state index contributed by atoms with van der Waals surface area (Å²) in [5, 5.41) is 10.3. The van der Waals surface area contributed by atoms with E-state index < -0.39 is 24.9 Å². The van der Waals surface area contributed by atoms with E-state index in [1.807, 2.05) is 12.1 Å². The molecule has 10 nitrogen and oxygen atoms in total. The third-order valence-electron chi connectivity index (χ3n) is 7.46. The highest BCUT2D eigenvalue weighted by molar-refractivity contribution is 5.78. The maximum Gasteiger partial charge on any atom is 0.257 e. The average molecular weight is 598 g/mol. The third-order valence-corrected chi connectivity index (χ3v) is 7.46. The number of alkyl halides is 4. The van der Waals surface area contributed by atoms with Crippen molar-refractivity contribution in [1.82, 2.24) is 34.6 Å². The van der Waals surface area contributed by atoms with Crippen molar-refractivity contribution in [1.29, 1.82) is 0 Å². The molecule has 6 rings (SSSR count). The molecule has 0 spiro atoms. The fraction of sp³-hybridized carbons (Fsp3) is 0.414. The van der Waals surface area contributed by atoms with E-state index in [9.17, 15) is 17.6 Å². The van der Waals surface area contributed by atoms with Crippen molar-refractivity contribution in [2.75, 3.05) is 30.8 Å². The second kappa shape index (κ2) is 12.1. The van der Waals surface area contributed by atoms with E-state index in [0.29, 0.717) is 45.7 Å². The highest BCUT2D eigenvalue weighted by Gasteiger charge is 2.45. The predicted octanol–water partition coefficient (Wildman–Crippen LogP) is 5.49. The normalized spacial score (nSPS) is 17.5. The Balaban J connectivity index is 1.20. The molecule has 1 aliphatic heterocycles. The van der Waals surface area contributed by atoms with Gasteiger partial charge in [-0.25, -0.2) is 32.5 Å². The van der Waals surface area contributed by atoms with E-state index in [2.05, 4.69) is 47.6 Å². The van der Waals surface area contributed by atoms with Crippen LogP contribution in [0.3, 0.4) is 0 Å². The number of rotatable bonds is 10. The summed E-state index contributed by atoms with van der Waals surface area (Å²) in [6.07, 6.45) is 6.68. The fourth-order valence-corrected chi connectivity index (χ4v) is 5.15. The lowest BCUT2D eigenvalue weighted by atomic mass is 9.88. The van der Waals surface area contributed by atoms with Crippen LogP contribution in [-0.4, -0.2) is 79.2 Å². The van der Waals surface area contributed by atoms with Gasteiger partial charge >= 0.3 is 0 Å². The lowest BCUT2D eigenvalue weighted by Crippen LogP contribution is -2.44. The number of anilines is 3. The topological polar surface area (TPSA) is 106 Å². The first kappa shape index (κ1) is 28.8. The Bertz CT molecular complexity index is 1530. The standard InChI is InChI=1S/C29H31F4N9O/c1-41-8-5-20(6-9-41)43-21-2-3-23(35-14-21)22-15-36-27(10-24(22)38-19-11-29(32,33)12-19)39-26-4-7-34-28(40-26)18-13-37-42(16-18)17-25(30)31/h2-4,7,10,13-16,19-20,25H,5-6,8-9,11-12,17H2,1H3,(H2,34,36,38,39,40). The molecule has 1 saturated heterocycles. The Morgan fingerprint density at radius 1 is 1.02 bits per heavy atom. The van der Waals surface area contributed by atoms with Crippen LogP contribution in [-0.2, 0) is 6.54 Å². The van der Waals surface area contributed by atoms with Crippen LogP contribution in [0.1, 0.15) is 25.7 Å². The number of hydrogen-bond acceptors (Lipinski definition) is 9. The Labute approximate surface area is 245 Å². The molecule has 226 valence electrons. The third kappa shape index (κ3) is 7.19. The minimum atomic E-state index is -2.68. The maximum absolute atomic E-state index is 13.6. The van der Waals surface area contributed by atoms with Crippen molar-refractivity contribution >= 4 is 17.3 Å². The van der Waals surface area contributed by atoms with Gasteiger partial charge in [-0.1, -0.05) is 0 Å². The van der Waals surface area contributed by atoms with Gasteiger partial charge in [-0.3, -0.25) is 9.67 Å². The lowest BCUT2D eigenvalue weighted by Gasteiger charge is -2.36. The van der Waals surface area contributed by atoms with Crippen LogP contribution in [0.25, 0.3) is 22.6 Å². The summed E-state index contributed by atoms with van der Waals surface area (Å²) in [7, 11) is 2.10. The van der Waals surface area contributed by atoms with Gasteiger partial charge in [0.15, 0.2) is 5.82 Å². The Morgan fingerprint density at radius 2 is 1.84 bits per heavy atom. The highest BCUT2D eigenvalue weighted by Crippen LogP contribution is 2.41. The minimum Gasteiger partial charge on any atom is -0.489 e. The Morgan fingerprint density at radius 3 is 2.56 bits per heavy atom. The summed E-state index contributed by atoms with van der Waals surface area (Å²) in [6, 6.07) is 6.65. The smallest absolute Gasteiger partial charge is 0.257 e. The van der Waals surface area contributed by atoms with Gasteiger partial charge in [0.1, 0.15) is 30.0 Å². The van der Waals surface area contributed by atoms with E-state index >= 15 is 0 Å². The van der Waals surface area contributed by atoms with Gasteiger partial charge in [-0.2, -0.15) is 5.10 Å². The quantitative estimate of drug-likeness (QED) is 0.230. The molecule has 2 fully saturated rings. The van der Waals surface area contributed by atoms with Crippen molar-refractivity contribution < 1.29 is 22.3 Å². The van der Waals surface area contributed by atoms with Gasteiger partial charge in [0.05, 0.1) is 23.7 Å². The van der Waals surface area contributed by atoms with Crippen LogP contribution in [0.2, 0.25) is 0 Å². The van der Waals surface area contributed by atoms with Gasteiger partial charge in [0.25, 0.3) is 12.3 Å². The van der Waals surface area contributed by atoms with E-state index in [1.165, 1.54) is 18.6 Å². The number of nitrogens with one attached hydrogen (secondary N) is 2. The van der Waals surface area contributed by atoms with Crippen molar-refractivity contribution in [2.24, 2.45) is 0 Å². The number of halogens is 4. The number of pyridine rings is 2. The summed E-state index contributed by atoms with van der Waals surface area (Å²) in [6.45, 7) is 1.44. The van der Waals surface area contributed by atoms with Crippen molar-refractivity contribution in [3.05, 3.63) is 55.2 Å². The molecule has 14 heteroatoms. The van der Waals surface area contributed by atoms with E-state index in [-0.39, 0.29) is 18.9 Å². The van der Waals surface area contributed by atoms with Gasteiger partial charge < -0.3 is 20.3 Å². The Kier molecular flexibility index (Phi) is 8.10. The molecule has 0 aromatic carbocycles. The monoisotopic (exact) mass is 597 g/mol. The first-order chi connectivity index (χ1) is 20.7. The SMILES string of the molecule is CN1CCC(Oc2ccc(-c3cnc(Nc4ccnc(-c5cnn(CC(F)F)c5)n4)cc3NC3CC(F)(F)C3)nc2)CC1. The number of nitrogens with zero attached hydrogens (tertiary/aromatic N) is 7. The zero-order valence-electron chi connectivity index (χ0n) is 23.4. The van der Waals surface area contributed by atoms with Crippen molar-refractivity contribution in [3.8, 4) is 28.4 Å².